The van der Waals surface area contributed by atoms with Gasteiger partial charge in [0.05, 0.1) is 18.6 Å². The molecule has 1 aromatic heterocycles. The van der Waals surface area contributed by atoms with Crippen molar-refractivity contribution < 1.29 is 13.5 Å². The number of hydrogen-bond acceptors (Lipinski definition) is 3. The molecule has 2 rings (SSSR count). The van der Waals surface area contributed by atoms with Gasteiger partial charge in [-0.1, -0.05) is 12.1 Å². The third-order valence-corrected chi connectivity index (χ3v) is 3.09. The first-order valence-electron chi connectivity index (χ1n) is 5.34. The predicted octanol–water partition coefficient (Wildman–Crippen LogP) is 3.73. The predicted molar refractivity (Wildman–Crippen MR) is 66.8 cm³/mol. The lowest BCUT2D eigenvalue weighted by molar-refractivity contribution is 0.325. The number of halogens is 1. The van der Waals surface area contributed by atoms with Crippen molar-refractivity contribution in [2.45, 2.75) is 5.75 Å². The van der Waals surface area contributed by atoms with Gasteiger partial charge in [0, 0.05) is 5.75 Å². The molecular formula is C13H13FO2S. The minimum absolute atomic E-state index is 0.311. The monoisotopic (exact) mass is 252 g/mol. The first-order chi connectivity index (χ1) is 8.36. The van der Waals surface area contributed by atoms with Crippen LogP contribution in [0.15, 0.2) is 47.1 Å². The molecule has 2 nitrogen and oxygen atoms in total. The van der Waals surface area contributed by atoms with Gasteiger partial charge in [-0.15, -0.1) is 0 Å². The Morgan fingerprint density at radius 3 is 2.82 bits per heavy atom. The second kappa shape index (κ2) is 6.35. The van der Waals surface area contributed by atoms with E-state index in [4.69, 9.17) is 9.15 Å². The SMILES string of the molecule is Fc1ccccc1OCCSCc1ccco1. The van der Waals surface area contributed by atoms with Crippen molar-refractivity contribution >= 4 is 11.8 Å². The van der Waals surface area contributed by atoms with Crippen molar-refractivity contribution in [1.82, 2.24) is 0 Å². The zero-order chi connectivity index (χ0) is 11.9. The summed E-state index contributed by atoms with van der Waals surface area (Å²) in [5.41, 5.74) is 0. The van der Waals surface area contributed by atoms with Gasteiger partial charge in [0.25, 0.3) is 0 Å². The van der Waals surface area contributed by atoms with E-state index in [1.807, 2.05) is 12.1 Å². The molecular weight excluding hydrogens is 239 g/mol. The number of rotatable bonds is 6. The van der Waals surface area contributed by atoms with Gasteiger partial charge in [0.15, 0.2) is 11.6 Å². The maximum absolute atomic E-state index is 13.2. The number of thioether (sulfide) groups is 1. The minimum atomic E-state index is -0.316. The lowest BCUT2D eigenvalue weighted by atomic mass is 10.3. The largest absolute Gasteiger partial charge is 0.490 e. The van der Waals surface area contributed by atoms with Crippen molar-refractivity contribution in [3.63, 3.8) is 0 Å². The average Bonchev–Trinajstić information content (AvgIpc) is 2.84. The van der Waals surface area contributed by atoms with Crippen LogP contribution in [0.3, 0.4) is 0 Å². The van der Waals surface area contributed by atoms with E-state index >= 15 is 0 Å². The van der Waals surface area contributed by atoms with E-state index in [0.29, 0.717) is 12.4 Å². The maximum Gasteiger partial charge on any atom is 0.165 e. The molecule has 0 aliphatic rings. The van der Waals surface area contributed by atoms with E-state index in [9.17, 15) is 4.39 Å². The molecule has 0 amide bonds. The highest BCUT2D eigenvalue weighted by Gasteiger charge is 2.01. The molecule has 0 saturated heterocycles. The Balaban J connectivity index is 1.65. The highest BCUT2D eigenvalue weighted by molar-refractivity contribution is 7.98. The van der Waals surface area contributed by atoms with Gasteiger partial charge in [-0.05, 0) is 24.3 Å². The van der Waals surface area contributed by atoms with Crippen LogP contribution in [0, 0.1) is 5.82 Å². The molecule has 17 heavy (non-hydrogen) atoms. The number of furan rings is 1. The summed E-state index contributed by atoms with van der Waals surface area (Å²) in [6.07, 6.45) is 1.66. The van der Waals surface area contributed by atoms with Crippen LogP contribution in [0.2, 0.25) is 0 Å². The Kier molecular flexibility index (Phi) is 4.50. The number of para-hydroxylation sites is 1. The van der Waals surface area contributed by atoms with Crippen molar-refractivity contribution in [1.29, 1.82) is 0 Å². The summed E-state index contributed by atoms with van der Waals surface area (Å²) in [6.45, 7) is 0.492. The van der Waals surface area contributed by atoms with Crippen molar-refractivity contribution in [2.24, 2.45) is 0 Å². The van der Waals surface area contributed by atoms with E-state index < -0.39 is 0 Å². The van der Waals surface area contributed by atoms with Crippen LogP contribution in [0.25, 0.3) is 0 Å². The van der Waals surface area contributed by atoms with Gasteiger partial charge in [0.1, 0.15) is 5.76 Å². The normalized spacial score (nSPS) is 10.4. The van der Waals surface area contributed by atoms with Crippen LogP contribution < -0.4 is 4.74 Å². The summed E-state index contributed by atoms with van der Waals surface area (Å²) in [5.74, 6) is 2.55. The number of ether oxygens (including phenoxy) is 1. The molecule has 0 aliphatic carbocycles. The Hall–Kier alpha value is -1.42. The quantitative estimate of drug-likeness (QED) is 0.731. The number of hydrogen-bond donors (Lipinski definition) is 0. The van der Waals surface area contributed by atoms with Crippen LogP contribution in [-0.4, -0.2) is 12.4 Å². The van der Waals surface area contributed by atoms with Crippen molar-refractivity contribution in [2.75, 3.05) is 12.4 Å². The highest BCUT2D eigenvalue weighted by atomic mass is 32.2. The molecule has 1 aromatic carbocycles. The molecule has 90 valence electrons. The zero-order valence-corrected chi connectivity index (χ0v) is 10.1. The lowest BCUT2D eigenvalue weighted by Gasteiger charge is -2.06. The van der Waals surface area contributed by atoms with E-state index in [0.717, 1.165) is 17.3 Å². The Morgan fingerprint density at radius 2 is 2.06 bits per heavy atom. The molecule has 0 saturated carbocycles. The molecule has 2 aromatic rings. The first kappa shape index (κ1) is 12.0. The Morgan fingerprint density at radius 1 is 1.18 bits per heavy atom. The van der Waals surface area contributed by atoms with Crippen LogP contribution >= 0.6 is 11.8 Å². The van der Waals surface area contributed by atoms with Crippen LogP contribution in [-0.2, 0) is 5.75 Å². The Bertz CT molecular complexity index is 442. The molecule has 0 aliphatic heterocycles. The summed E-state index contributed by atoms with van der Waals surface area (Å²) in [5, 5.41) is 0. The number of benzene rings is 1. The molecule has 0 bridgehead atoms. The van der Waals surface area contributed by atoms with Gasteiger partial charge in [-0.25, -0.2) is 4.39 Å². The van der Waals surface area contributed by atoms with Gasteiger partial charge < -0.3 is 9.15 Å². The van der Waals surface area contributed by atoms with E-state index in [-0.39, 0.29) is 5.82 Å². The molecule has 0 spiro atoms. The van der Waals surface area contributed by atoms with Crippen molar-refractivity contribution in [3.8, 4) is 5.75 Å². The van der Waals surface area contributed by atoms with Gasteiger partial charge in [-0.3, -0.25) is 0 Å². The standard InChI is InChI=1S/C13H13FO2S/c14-12-5-1-2-6-13(12)16-8-9-17-10-11-4-3-7-15-11/h1-7H,8-10H2. The summed E-state index contributed by atoms with van der Waals surface area (Å²) in [7, 11) is 0. The second-order valence-electron chi connectivity index (χ2n) is 3.41. The van der Waals surface area contributed by atoms with Crippen LogP contribution in [0.4, 0.5) is 4.39 Å². The average molecular weight is 252 g/mol. The first-order valence-corrected chi connectivity index (χ1v) is 6.49. The van der Waals surface area contributed by atoms with Gasteiger partial charge in [-0.2, -0.15) is 11.8 Å². The fraction of sp³-hybridized carbons (Fsp3) is 0.231. The molecule has 0 radical (unpaired) electrons. The van der Waals surface area contributed by atoms with Crippen molar-refractivity contribution in [3.05, 3.63) is 54.2 Å². The van der Waals surface area contributed by atoms with Gasteiger partial charge >= 0.3 is 0 Å². The second-order valence-corrected chi connectivity index (χ2v) is 4.52. The summed E-state index contributed by atoms with van der Waals surface area (Å²) >= 11 is 1.69. The zero-order valence-electron chi connectivity index (χ0n) is 9.27. The molecule has 0 unspecified atom stereocenters. The topological polar surface area (TPSA) is 22.4 Å². The smallest absolute Gasteiger partial charge is 0.165 e. The molecule has 0 atom stereocenters. The third kappa shape index (κ3) is 3.82. The van der Waals surface area contributed by atoms with E-state index in [2.05, 4.69) is 0 Å². The highest BCUT2D eigenvalue weighted by Crippen LogP contribution is 2.16. The molecule has 0 N–H and O–H groups in total. The van der Waals surface area contributed by atoms with E-state index in [1.165, 1.54) is 6.07 Å². The minimum Gasteiger partial charge on any atom is -0.490 e. The fourth-order valence-electron chi connectivity index (χ4n) is 1.34. The van der Waals surface area contributed by atoms with Crippen LogP contribution in [0.1, 0.15) is 5.76 Å². The summed E-state index contributed by atoms with van der Waals surface area (Å²) in [6, 6.07) is 10.2. The summed E-state index contributed by atoms with van der Waals surface area (Å²) < 4.78 is 23.7. The Labute approximate surface area is 104 Å². The summed E-state index contributed by atoms with van der Waals surface area (Å²) in [4.78, 5) is 0. The molecule has 1 heterocycles. The third-order valence-electron chi connectivity index (χ3n) is 2.15. The van der Waals surface area contributed by atoms with E-state index in [1.54, 1.807) is 36.2 Å². The molecule has 4 heteroatoms. The lowest BCUT2D eigenvalue weighted by Crippen LogP contribution is -2.01. The van der Waals surface area contributed by atoms with Gasteiger partial charge in [0.2, 0.25) is 0 Å². The fourth-order valence-corrected chi connectivity index (χ4v) is 2.05. The van der Waals surface area contributed by atoms with Crippen LogP contribution in [0.5, 0.6) is 5.75 Å². The maximum atomic E-state index is 13.2. The molecule has 0 fully saturated rings.